The number of nitrogens with zero attached hydrogens (tertiary/aromatic N) is 1. The largest absolute Gasteiger partial charge is 0.459 e. The van der Waals surface area contributed by atoms with Gasteiger partial charge in [-0.2, -0.15) is 0 Å². The Labute approximate surface area is 227 Å². The summed E-state index contributed by atoms with van der Waals surface area (Å²) in [4.78, 5) is 41.8. The van der Waals surface area contributed by atoms with Gasteiger partial charge in [0.15, 0.2) is 0 Å². The predicted molar refractivity (Wildman–Crippen MR) is 155 cm³/mol. The Kier molecular flexibility index (Phi) is 5.58. The third kappa shape index (κ3) is 3.63. The summed E-state index contributed by atoms with van der Waals surface area (Å²) in [6.07, 6.45) is 6.03. The van der Waals surface area contributed by atoms with Gasteiger partial charge in [0.25, 0.3) is 11.8 Å². The highest BCUT2D eigenvalue weighted by Gasteiger charge is 2.34. The van der Waals surface area contributed by atoms with E-state index in [9.17, 15) is 14.4 Å². The molecule has 0 unspecified atom stereocenters. The Bertz CT molecular complexity index is 1740. The lowest BCUT2D eigenvalue weighted by molar-refractivity contribution is 0.0213. The summed E-state index contributed by atoms with van der Waals surface area (Å²) < 4.78 is 5.95. The molecule has 2 aliphatic rings. The molecule has 5 nitrogen and oxygen atoms in total. The van der Waals surface area contributed by atoms with Crippen LogP contribution in [0.1, 0.15) is 83.4 Å². The number of carbonyl (C=O) groups excluding carboxylic acids is 3. The van der Waals surface area contributed by atoms with Crippen molar-refractivity contribution in [3.05, 3.63) is 71.3 Å². The maximum absolute atomic E-state index is 13.5. The van der Waals surface area contributed by atoms with Gasteiger partial charge in [-0.25, -0.2) is 4.79 Å². The van der Waals surface area contributed by atoms with E-state index in [4.69, 9.17) is 4.74 Å². The van der Waals surface area contributed by atoms with Crippen LogP contribution in [0.25, 0.3) is 43.1 Å². The Hall–Kier alpha value is -3.99. The fraction of sp³-hybridized carbons (Fsp3) is 0.324. The van der Waals surface area contributed by atoms with Gasteiger partial charge in [-0.05, 0) is 93.9 Å². The molecule has 7 rings (SSSR count). The van der Waals surface area contributed by atoms with E-state index < -0.39 is 0 Å². The zero-order valence-corrected chi connectivity index (χ0v) is 22.4. The van der Waals surface area contributed by atoms with E-state index in [1.54, 1.807) is 0 Å². The van der Waals surface area contributed by atoms with Gasteiger partial charge in [0.1, 0.15) is 6.10 Å². The number of imide groups is 1. The minimum absolute atomic E-state index is 0.0101. The van der Waals surface area contributed by atoms with Gasteiger partial charge >= 0.3 is 5.97 Å². The van der Waals surface area contributed by atoms with Crippen LogP contribution in [0.4, 0.5) is 0 Å². The van der Waals surface area contributed by atoms with Gasteiger partial charge in [-0.3, -0.25) is 14.5 Å². The highest BCUT2D eigenvalue weighted by molar-refractivity contribution is 6.38. The maximum atomic E-state index is 13.5. The van der Waals surface area contributed by atoms with E-state index in [0.29, 0.717) is 29.2 Å². The fourth-order valence-electron chi connectivity index (χ4n) is 6.71. The van der Waals surface area contributed by atoms with Crippen LogP contribution < -0.4 is 0 Å². The van der Waals surface area contributed by atoms with Gasteiger partial charge in [-0.1, -0.05) is 56.7 Å². The molecule has 39 heavy (non-hydrogen) atoms. The number of amides is 2. The quantitative estimate of drug-likeness (QED) is 0.103. The molecule has 0 aromatic heterocycles. The molecule has 5 aromatic rings. The second kappa shape index (κ2) is 9.04. The first-order valence-corrected chi connectivity index (χ1v) is 14.2. The average molecular weight is 518 g/mol. The van der Waals surface area contributed by atoms with Crippen molar-refractivity contribution in [2.75, 3.05) is 6.54 Å². The van der Waals surface area contributed by atoms with E-state index in [2.05, 4.69) is 19.9 Å². The highest BCUT2D eigenvalue weighted by atomic mass is 16.5. The van der Waals surface area contributed by atoms with Crippen molar-refractivity contribution in [2.24, 2.45) is 5.92 Å². The molecular formula is C34H31NO4. The molecule has 2 amide bonds. The first-order valence-electron chi connectivity index (χ1n) is 14.2. The number of rotatable bonds is 5. The molecule has 196 valence electrons. The number of ether oxygens (including phenoxy) is 1. The van der Waals surface area contributed by atoms with Crippen molar-refractivity contribution in [3.63, 3.8) is 0 Å². The fourth-order valence-corrected chi connectivity index (χ4v) is 6.71. The van der Waals surface area contributed by atoms with Crippen molar-refractivity contribution in [1.29, 1.82) is 0 Å². The van der Waals surface area contributed by atoms with Crippen LogP contribution in [-0.4, -0.2) is 35.3 Å². The molecule has 1 aliphatic heterocycles. The zero-order chi connectivity index (χ0) is 26.8. The van der Waals surface area contributed by atoms with Crippen molar-refractivity contribution >= 4 is 60.9 Å². The lowest BCUT2D eigenvalue weighted by Gasteiger charge is -2.29. The second-order valence-corrected chi connectivity index (χ2v) is 11.6. The third-order valence-electron chi connectivity index (χ3n) is 8.71. The molecule has 0 radical (unpaired) electrons. The molecule has 1 saturated carbocycles. The normalized spacial score (nSPS) is 16.4. The van der Waals surface area contributed by atoms with Gasteiger partial charge in [0, 0.05) is 23.1 Å². The number of esters is 1. The van der Waals surface area contributed by atoms with E-state index in [1.807, 2.05) is 48.5 Å². The van der Waals surface area contributed by atoms with Gasteiger partial charge in [-0.15, -0.1) is 0 Å². The third-order valence-corrected chi connectivity index (χ3v) is 8.71. The summed E-state index contributed by atoms with van der Waals surface area (Å²) >= 11 is 0. The molecule has 5 aromatic carbocycles. The summed E-state index contributed by atoms with van der Waals surface area (Å²) in [5.74, 6) is -0.313. The molecular weight excluding hydrogens is 486 g/mol. The van der Waals surface area contributed by atoms with E-state index in [1.165, 1.54) is 11.3 Å². The molecule has 0 spiro atoms. The van der Waals surface area contributed by atoms with Crippen molar-refractivity contribution in [2.45, 2.75) is 58.5 Å². The first kappa shape index (κ1) is 24.1. The monoisotopic (exact) mass is 517 g/mol. The molecule has 0 bridgehead atoms. The number of carbonyl (C=O) groups is 3. The Balaban J connectivity index is 1.43. The van der Waals surface area contributed by atoms with Gasteiger partial charge in [0.2, 0.25) is 0 Å². The van der Waals surface area contributed by atoms with Crippen LogP contribution in [-0.2, 0) is 4.74 Å². The number of hydrogen-bond donors (Lipinski definition) is 0. The Morgan fingerprint density at radius 2 is 1.36 bits per heavy atom. The van der Waals surface area contributed by atoms with Crippen molar-refractivity contribution < 1.29 is 19.1 Å². The summed E-state index contributed by atoms with van der Waals surface area (Å²) in [6, 6.07) is 17.6. The summed E-state index contributed by atoms with van der Waals surface area (Å²) in [5.41, 5.74) is 1.75. The summed E-state index contributed by atoms with van der Waals surface area (Å²) in [6.45, 7) is 4.61. The molecule has 0 atom stereocenters. The SMILES string of the molecule is CC(C)CCN1C(=O)c2ccc3c4cccc5c(C(=O)OC6CCCCC6)ccc(c6ccc(c2c36)C1=O)c54. The molecule has 1 aliphatic carbocycles. The minimum atomic E-state index is -0.265. The van der Waals surface area contributed by atoms with Crippen LogP contribution in [0, 0.1) is 5.92 Å². The van der Waals surface area contributed by atoms with Crippen LogP contribution >= 0.6 is 0 Å². The molecule has 1 heterocycles. The van der Waals surface area contributed by atoms with Crippen molar-refractivity contribution in [1.82, 2.24) is 4.90 Å². The Morgan fingerprint density at radius 1 is 0.769 bits per heavy atom. The molecule has 5 heteroatoms. The maximum Gasteiger partial charge on any atom is 0.339 e. The molecule has 1 fully saturated rings. The number of benzene rings is 5. The lowest BCUT2D eigenvalue weighted by Crippen LogP contribution is -2.41. The number of hydrogen-bond acceptors (Lipinski definition) is 4. The van der Waals surface area contributed by atoms with Crippen molar-refractivity contribution in [3.8, 4) is 0 Å². The molecule has 0 N–H and O–H groups in total. The lowest BCUT2D eigenvalue weighted by atomic mass is 9.84. The zero-order valence-electron chi connectivity index (χ0n) is 22.4. The van der Waals surface area contributed by atoms with E-state index >= 15 is 0 Å². The minimum Gasteiger partial charge on any atom is -0.459 e. The van der Waals surface area contributed by atoms with Gasteiger partial charge in [0.05, 0.1) is 5.56 Å². The Morgan fingerprint density at radius 3 is 2.03 bits per heavy atom. The van der Waals surface area contributed by atoms with Gasteiger partial charge < -0.3 is 4.74 Å². The first-order chi connectivity index (χ1) is 18.9. The summed E-state index contributed by atoms with van der Waals surface area (Å²) in [7, 11) is 0. The second-order valence-electron chi connectivity index (χ2n) is 11.6. The topological polar surface area (TPSA) is 63.7 Å². The van der Waals surface area contributed by atoms with E-state index in [-0.39, 0.29) is 23.9 Å². The highest BCUT2D eigenvalue weighted by Crippen LogP contribution is 2.44. The summed E-state index contributed by atoms with van der Waals surface area (Å²) in [5, 5.41) is 7.55. The molecule has 0 saturated heterocycles. The average Bonchev–Trinajstić information content (AvgIpc) is 2.94. The van der Waals surface area contributed by atoms with Crippen LogP contribution in [0.2, 0.25) is 0 Å². The predicted octanol–water partition coefficient (Wildman–Crippen LogP) is 7.87. The van der Waals surface area contributed by atoms with E-state index in [0.717, 1.165) is 75.2 Å². The van der Waals surface area contributed by atoms with Crippen LogP contribution in [0.5, 0.6) is 0 Å². The van der Waals surface area contributed by atoms with Crippen LogP contribution in [0.3, 0.4) is 0 Å². The standard InChI is InChI=1S/C34H31NO4/c1-19(2)17-18-35-32(36)27-15-12-24-21-9-6-10-22-26(34(38)39-20-7-4-3-5-8-20)14-11-23(29(21)22)25-13-16-28(33(35)37)31(27)30(24)25/h6,9-16,19-20H,3-5,7-8,17-18H2,1-2H3. The smallest absolute Gasteiger partial charge is 0.339 e. The van der Waals surface area contributed by atoms with Crippen LogP contribution in [0.15, 0.2) is 54.6 Å². The number of fused-ring (bicyclic) bond motifs is 2.